The van der Waals surface area contributed by atoms with E-state index in [0.717, 1.165) is 31.2 Å². The molecule has 0 radical (unpaired) electrons. The molecule has 7 heteroatoms. The summed E-state index contributed by atoms with van der Waals surface area (Å²) in [6.07, 6.45) is 7.64. The van der Waals surface area contributed by atoms with Crippen molar-refractivity contribution in [1.82, 2.24) is 9.88 Å². The maximum Gasteiger partial charge on any atom is 0.260 e. The average Bonchev–Trinajstić information content (AvgIpc) is 3.17. The summed E-state index contributed by atoms with van der Waals surface area (Å²) in [7, 11) is 4.63. The predicted octanol–water partition coefficient (Wildman–Crippen LogP) is 3.32. The number of amides is 1. The molecular weight excluding hydrogens is 370 g/mol. The quantitative estimate of drug-likeness (QED) is 0.777. The lowest BCUT2D eigenvalue weighted by Gasteiger charge is -2.32. The number of hydrogen-bond acceptors (Lipinski definition) is 6. The van der Waals surface area contributed by atoms with E-state index in [4.69, 9.17) is 19.2 Å². The number of pyridine rings is 1. The molecule has 2 aliphatic rings. The first-order chi connectivity index (χ1) is 14.2. The molecule has 2 heterocycles. The van der Waals surface area contributed by atoms with Crippen molar-refractivity contribution in [2.75, 3.05) is 21.3 Å². The molecule has 1 aromatic heterocycles. The second-order valence-corrected chi connectivity index (χ2v) is 7.20. The number of carbonyl (C=O) groups excluding carboxylic acids is 1. The number of amidine groups is 1. The van der Waals surface area contributed by atoms with E-state index in [1.54, 1.807) is 45.9 Å². The van der Waals surface area contributed by atoms with Gasteiger partial charge in [0.25, 0.3) is 5.91 Å². The van der Waals surface area contributed by atoms with Gasteiger partial charge in [0.2, 0.25) is 5.75 Å². The standard InChI is InChI=1S/C22H25N3O4/c1-27-18-11-15(12-19(28-2)20(18)29-3)22(26)25-17-9-5-4-8-16(17)24-21(25)14-7-6-10-23-13-14/h6-7,10-13,16-17H,4-5,8-9H2,1-3H3/t16-,17+/m0/s1. The lowest BCUT2D eigenvalue weighted by atomic mass is 9.90. The van der Waals surface area contributed by atoms with Crippen molar-refractivity contribution < 1.29 is 19.0 Å². The van der Waals surface area contributed by atoms with Crippen LogP contribution in [0.4, 0.5) is 0 Å². The summed E-state index contributed by atoms with van der Waals surface area (Å²) in [5.41, 5.74) is 1.32. The van der Waals surface area contributed by atoms with Gasteiger partial charge in [0, 0.05) is 23.5 Å². The highest BCUT2D eigenvalue weighted by atomic mass is 16.5. The van der Waals surface area contributed by atoms with E-state index in [-0.39, 0.29) is 18.0 Å². The SMILES string of the molecule is COc1cc(C(=O)N2C(c3cccnc3)=N[C@H]3CCCC[C@H]32)cc(OC)c1OC. The van der Waals surface area contributed by atoms with Gasteiger partial charge in [0.05, 0.1) is 33.4 Å². The third-order valence-corrected chi connectivity index (χ3v) is 5.59. The Balaban J connectivity index is 1.77. The Morgan fingerprint density at radius 3 is 2.41 bits per heavy atom. The average molecular weight is 395 g/mol. The van der Waals surface area contributed by atoms with E-state index >= 15 is 0 Å². The monoisotopic (exact) mass is 395 g/mol. The largest absolute Gasteiger partial charge is 0.493 e. The molecule has 1 saturated carbocycles. The summed E-state index contributed by atoms with van der Waals surface area (Å²) < 4.78 is 16.3. The normalized spacial score (nSPS) is 20.7. The molecule has 1 aliphatic heterocycles. The van der Waals surface area contributed by atoms with Gasteiger partial charge in [-0.1, -0.05) is 12.8 Å². The number of aliphatic imine (C=N–C) groups is 1. The summed E-state index contributed by atoms with van der Waals surface area (Å²) in [4.78, 5) is 24.7. The summed E-state index contributed by atoms with van der Waals surface area (Å²) in [5, 5.41) is 0. The number of ether oxygens (including phenoxy) is 3. The number of rotatable bonds is 5. The molecular formula is C22H25N3O4. The van der Waals surface area contributed by atoms with E-state index < -0.39 is 0 Å². The van der Waals surface area contributed by atoms with Crippen molar-refractivity contribution in [3.05, 3.63) is 47.8 Å². The third kappa shape index (κ3) is 3.41. The Hall–Kier alpha value is -3.09. The van der Waals surface area contributed by atoms with Crippen molar-refractivity contribution in [2.24, 2.45) is 4.99 Å². The summed E-state index contributed by atoms with van der Waals surface area (Å²) in [6.45, 7) is 0. The zero-order valence-electron chi connectivity index (χ0n) is 16.9. The molecule has 1 amide bonds. The van der Waals surface area contributed by atoms with Crippen molar-refractivity contribution in [1.29, 1.82) is 0 Å². The molecule has 7 nitrogen and oxygen atoms in total. The zero-order valence-corrected chi connectivity index (χ0v) is 16.9. The van der Waals surface area contributed by atoms with Crippen molar-refractivity contribution in [3.8, 4) is 17.2 Å². The van der Waals surface area contributed by atoms with Crippen LogP contribution >= 0.6 is 0 Å². The Morgan fingerprint density at radius 2 is 1.79 bits per heavy atom. The number of carbonyl (C=O) groups is 1. The second kappa shape index (κ2) is 8.11. The molecule has 1 aliphatic carbocycles. The van der Waals surface area contributed by atoms with Gasteiger partial charge in [0.15, 0.2) is 11.5 Å². The van der Waals surface area contributed by atoms with Crippen LogP contribution in [0.1, 0.15) is 41.6 Å². The molecule has 29 heavy (non-hydrogen) atoms. The first-order valence-corrected chi connectivity index (χ1v) is 9.79. The van der Waals surface area contributed by atoms with Gasteiger partial charge < -0.3 is 14.2 Å². The van der Waals surface area contributed by atoms with Crippen LogP contribution in [0.25, 0.3) is 0 Å². The third-order valence-electron chi connectivity index (χ3n) is 5.59. The van der Waals surface area contributed by atoms with E-state index in [1.165, 1.54) is 0 Å². The van der Waals surface area contributed by atoms with Crippen LogP contribution in [0.3, 0.4) is 0 Å². The number of benzene rings is 1. The highest BCUT2D eigenvalue weighted by molar-refractivity contribution is 6.14. The van der Waals surface area contributed by atoms with Crippen LogP contribution < -0.4 is 14.2 Å². The van der Waals surface area contributed by atoms with Crippen LogP contribution in [-0.2, 0) is 0 Å². The van der Waals surface area contributed by atoms with Crippen molar-refractivity contribution in [3.63, 3.8) is 0 Å². The first kappa shape index (κ1) is 19.2. The van der Waals surface area contributed by atoms with Gasteiger partial charge in [-0.25, -0.2) is 0 Å². The van der Waals surface area contributed by atoms with Gasteiger partial charge >= 0.3 is 0 Å². The molecule has 152 valence electrons. The minimum Gasteiger partial charge on any atom is -0.493 e. The summed E-state index contributed by atoms with van der Waals surface area (Å²) >= 11 is 0. The lowest BCUT2D eigenvalue weighted by Crippen LogP contribution is -2.45. The second-order valence-electron chi connectivity index (χ2n) is 7.20. The minimum absolute atomic E-state index is 0.0607. The molecule has 1 fully saturated rings. The van der Waals surface area contributed by atoms with E-state index in [1.807, 2.05) is 17.0 Å². The smallest absolute Gasteiger partial charge is 0.260 e. The maximum atomic E-state index is 13.7. The van der Waals surface area contributed by atoms with Crippen molar-refractivity contribution >= 4 is 11.7 Å². The molecule has 2 atom stereocenters. The Bertz CT molecular complexity index is 904. The lowest BCUT2D eigenvalue weighted by molar-refractivity contribution is 0.0785. The Labute approximate surface area is 170 Å². The molecule has 4 rings (SSSR count). The minimum atomic E-state index is -0.124. The molecule has 0 spiro atoms. The molecule has 0 unspecified atom stereocenters. The van der Waals surface area contributed by atoms with Crippen molar-refractivity contribution in [2.45, 2.75) is 37.8 Å². The summed E-state index contributed by atoms with van der Waals surface area (Å²) in [6, 6.07) is 7.39. The zero-order chi connectivity index (χ0) is 20.4. The van der Waals surface area contributed by atoms with E-state index in [2.05, 4.69) is 4.98 Å². The highest BCUT2D eigenvalue weighted by Crippen LogP contribution is 2.40. The fraction of sp³-hybridized carbons (Fsp3) is 0.409. The number of nitrogens with zero attached hydrogens (tertiary/aromatic N) is 3. The highest BCUT2D eigenvalue weighted by Gasteiger charge is 2.42. The van der Waals surface area contributed by atoms with Crippen LogP contribution in [0.15, 0.2) is 41.7 Å². The molecule has 2 aromatic rings. The number of hydrogen-bond donors (Lipinski definition) is 0. The topological polar surface area (TPSA) is 73.2 Å². The van der Waals surface area contributed by atoms with Crippen LogP contribution in [0.2, 0.25) is 0 Å². The van der Waals surface area contributed by atoms with E-state index in [0.29, 0.717) is 28.6 Å². The Morgan fingerprint density at radius 1 is 1.07 bits per heavy atom. The molecule has 0 bridgehead atoms. The van der Waals surface area contributed by atoms with Crippen LogP contribution in [0, 0.1) is 0 Å². The summed E-state index contributed by atoms with van der Waals surface area (Å²) in [5.74, 6) is 1.93. The number of fused-ring (bicyclic) bond motifs is 1. The van der Waals surface area contributed by atoms with Gasteiger partial charge in [-0.15, -0.1) is 0 Å². The number of aromatic nitrogens is 1. The van der Waals surface area contributed by atoms with Crippen LogP contribution in [-0.4, -0.2) is 55.0 Å². The first-order valence-electron chi connectivity index (χ1n) is 9.79. The molecule has 0 saturated heterocycles. The van der Waals surface area contributed by atoms with Gasteiger partial charge in [-0.05, 0) is 37.1 Å². The Kier molecular flexibility index (Phi) is 5.38. The van der Waals surface area contributed by atoms with Gasteiger partial charge in [0.1, 0.15) is 5.84 Å². The maximum absolute atomic E-state index is 13.7. The van der Waals surface area contributed by atoms with Gasteiger partial charge in [-0.3, -0.25) is 19.7 Å². The predicted molar refractivity (Wildman–Crippen MR) is 109 cm³/mol. The van der Waals surface area contributed by atoms with Gasteiger partial charge in [-0.2, -0.15) is 0 Å². The molecule has 1 aromatic carbocycles. The fourth-order valence-electron chi connectivity index (χ4n) is 4.22. The van der Waals surface area contributed by atoms with Crippen LogP contribution in [0.5, 0.6) is 17.2 Å². The molecule has 0 N–H and O–H groups in total. The van der Waals surface area contributed by atoms with E-state index in [9.17, 15) is 4.79 Å². The fourth-order valence-corrected chi connectivity index (χ4v) is 4.22. The number of methoxy groups -OCH3 is 3.